The van der Waals surface area contributed by atoms with Gasteiger partial charge in [0.05, 0.1) is 11.0 Å². The van der Waals surface area contributed by atoms with Gasteiger partial charge in [0.2, 0.25) is 0 Å². The largest absolute Gasteiger partial charge is 0.309 e. The van der Waals surface area contributed by atoms with E-state index in [1.54, 1.807) is 0 Å². The van der Waals surface area contributed by atoms with Gasteiger partial charge in [-0.2, -0.15) is 0 Å². The molecular weight excluding hydrogens is 562 g/mol. The van der Waals surface area contributed by atoms with Crippen LogP contribution in [0.15, 0.2) is 114 Å². The SMILES string of the molecule is CC1(C)c2cc(Br)c(-c3ccc(-c4ccc5c(c4)c4ccccc4n5-c4ccccc4)cc3)cc2C(C)(C)C1(C)C. The number of para-hydroxylation sites is 2. The maximum absolute atomic E-state index is 3.95. The van der Waals surface area contributed by atoms with Gasteiger partial charge in [-0.05, 0) is 92.1 Å². The minimum Gasteiger partial charge on any atom is -0.309 e. The number of nitrogens with zero attached hydrogens (tertiary/aromatic N) is 1. The van der Waals surface area contributed by atoms with E-state index in [4.69, 9.17) is 0 Å². The Hall–Kier alpha value is -3.62. The second-order valence-corrected chi connectivity index (χ2v) is 14.1. The minimum absolute atomic E-state index is 0.0789. The fourth-order valence-electron chi connectivity index (χ4n) is 7.13. The van der Waals surface area contributed by atoms with Crippen molar-refractivity contribution < 1.29 is 0 Å². The topological polar surface area (TPSA) is 4.93 Å². The van der Waals surface area contributed by atoms with E-state index in [0.29, 0.717) is 0 Å². The zero-order valence-corrected chi connectivity index (χ0v) is 26.3. The molecule has 0 fully saturated rings. The van der Waals surface area contributed by atoms with Crippen LogP contribution in [0.4, 0.5) is 0 Å². The third-order valence-corrected chi connectivity index (χ3v) is 11.5. The van der Waals surface area contributed by atoms with Crippen LogP contribution in [0.1, 0.15) is 52.7 Å². The van der Waals surface area contributed by atoms with E-state index in [1.165, 1.54) is 65.3 Å². The third kappa shape index (κ3) is 3.66. The summed E-state index contributed by atoms with van der Waals surface area (Å²) >= 11 is 3.95. The average Bonchev–Trinajstić information content (AvgIpc) is 3.35. The first-order valence-electron chi connectivity index (χ1n) is 14.6. The van der Waals surface area contributed by atoms with Gasteiger partial charge in [-0.25, -0.2) is 0 Å². The number of benzene rings is 5. The Labute approximate surface area is 252 Å². The predicted octanol–water partition coefficient (Wildman–Crippen LogP) is 11.5. The summed E-state index contributed by atoms with van der Waals surface area (Å²) in [6.07, 6.45) is 0. The number of fused-ring (bicyclic) bond motifs is 4. The standard InChI is InChI=1S/C39H36BrN/c1-37(2)32-23-30(34(40)24-33(32)38(3,4)39(37,5)6)26-18-16-25(17-19-26)27-20-21-36-31(22-27)29-14-10-11-15-35(29)41(36)28-12-8-7-9-13-28/h7-24H,1-6H3. The monoisotopic (exact) mass is 597 g/mol. The van der Waals surface area contributed by atoms with Gasteiger partial charge >= 0.3 is 0 Å². The summed E-state index contributed by atoms with van der Waals surface area (Å²) < 4.78 is 3.54. The normalized spacial score (nSPS) is 16.8. The van der Waals surface area contributed by atoms with E-state index >= 15 is 0 Å². The van der Waals surface area contributed by atoms with Crippen LogP contribution in [-0.2, 0) is 10.8 Å². The average molecular weight is 599 g/mol. The van der Waals surface area contributed by atoms with Crippen LogP contribution in [-0.4, -0.2) is 4.57 Å². The van der Waals surface area contributed by atoms with Gasteiger partial charge in [0.15, 0.2) is 0 Å². The summed E-state index contributed by atoms with van der Waals surface area (Å²) in [5.41, 5.74) is 11.9. The fourth-order valence-corrected chi connectivity index (χ4v) is 7.71. The molecule has 6 aromatic rings. The first-order chi connectivity index (χ1) is 19.5. The van der Waals surface area contributed by atoms with Crippen LogP contribution < -0.4 is 0 Å². The van der Waals surface area contributed by atoms with Crippen molar-refractivity contribution in [3.8, 4) is 27.9 Å². The third-order valence-electron chi connectivity index (χ3n) is 10.8. The van der Waals surface area contributed by atoms with E-state index in [2.05, 4.69) is 171 Å². The lowest BCUT2D eigenvalue weighted by Gasteiger charge is -2.44. The molecule has 1 aromatic heterocycles. The molecule has 0 saturated carbocycles. The quantitative estimate of drug-likeness (QED) is 0.191. The number of halogens is 1. The van der Waals surface area contributed by atoms with Gasteiger partial charge in [-0.1, -0.05) is 124 Å². The second kappa shape index (κ2) is 8.94. The molecule has 1 aliphatic carbocycles. The van der Waals surface area contributed by atoms with Crippen molar-refractivity contribution in [3.63, 3.8) is 0 Å². The number of rotatable bonds is 3. The molecule has 5 aromatic carbocycles. The second-order valence-electron chi connectivity index (χ2n) is 13.3. The van der Waals surface area contributed by atoms with Gasteiger partial charge < -0.3 is 4.57 Å². The Morgan fingerprint density at radius 3 is 1.78 bits per heavy atom. The zero-order valence-electron chi connectivity index (χ0n) is 24.7. The summed E-state index contributed by atoms with van der Waals surface area (Å²) in [5.74, 6) is 0. The molecule has 1 heterocycles. The molecule has 0 spiro atoms. The molecule has 0 amide bonds. The molecule has 204 valence electrons. The molecule has 0 radical (unpaired) electrons. The first-order valence-corrected chi connectivity index (χ1v) is 15.4. The smallest absolute Gasteiger partial charge is 0.0541 e. The van der Waals surface area contributed by atoms with Crippen LogP contribution in [0, 0.1) is 5.41 Å². The Morgan fingerprint density at radius 2 is 1.07 bits per heavy atom. The molecule has 0 aliphatic heterocycles. The van der Waals surface area contributed by atoms with E-state index in [1.807, 2.05) is 0 Å². The van der Waals surface area contributed by atoms with Crippen LogP contribution in [0.25, 0.3) is 49.7 Å². The number of hydrogen-bond acceptors (Lipinski definition) is 0. The van der Waals surface area contributed by atoms with E-state index in [9.17, 15) is 0 Å². The lowest BCUT2D eigenvalue weighted by Crippen LogP contribution is -2.42. The Morgan fingerprint density at radius 1 is 0.512 bits per heavy atom. The van der Waals surface area contributed by atoms with Crippen molar-refractivity contribution in [1.82, 2.24) is 4.57 Å². The lowest BCUT2D eigenvalue weighted by atomic mass is 9.59. The van der Waals surface area contributed by atoms with Crippen molar-refractivity contribution in [1.29, 1.82) is 0 Å². The number of aromatic nitrogens is 1. The predicted molar refractivity (Wildman–Crippen MR) is 179 cm³/mol. The maximum atomic E-state index is 3.95. The van der Waals surface area contributed by atoms with Gasteiger partial charge in [-0.3, -0.25) is 0 Å². The summed E-state index contributed by atoms with van der Waals surface area (Å²) in [4.78, 5) is 0. The van der Waals surface area contributed by atoms with Crippen molar-refractivity contribution in [2.24, 2.45) is 5.41 Å². The van der Waals surface area contributed by atoms with E-state index in [-0.39, 0.29) is 16.2 Å². The summed E-state index contributed by atoms with van der Waals surface area (Å²) in [5, 5.41) is 2.56. The molecule has 0 saturated heterocycles. The highest BCUT2D eigenvalue weighted by Gasteiger charge is 2.56. The summed E-state index contributed by atoms with van der Waals surface area (Å²) in [6, 6.07) is 40.1. The molecule has 0 N–H and O–H groups in total. The molecule has 0 bridgehead atoms. The molecule has 41 heavy (non-hydrogen) atoms. The van der Waals surface area contributed by atoms with Crippen LogP contribution in [0.2, 0.25) is 0 Å². The highest BCUT2D eigenvalue weighted by atomic mass is 79.9. The zero-order chi connectivity index (χ0) is 28.7. The van der Waals surface area contributed by atoms with Gasteiger partial charge in [0.25, 0.3) is 0 Å². The van der Waals surface area contributed by atoms with Crippen molar-refractivity contribution >= 4 is 37.7 Å². The van der Waals surface area contributed by atoms with Crippen molar-refractivity contribution in [3.05, 3.63) is 125 Å². The van der Waals surface area contributed by atoms with Gasteiger partial charge in [0.1, 0.15) is 0 Å². The molecule has 1 nitrogen and oxygen atoms in total. The molecule has 0 unspecified atom stereocenters. The Balaban J connectivity index is 1.31. The number of hydrogen-bond donors (Lipinski definition) is 0. The maximum Gasteiger partial charge on any atom is 0.0541 e. The molecule has 7 rings (SSSR count). The van der Waals surface area contributed by atoms with Crippen LogP contribution in [0.5, 0.6) is 0 Å². The molecule has 2 heteroatoms. The van der Waals surface area contributed by atoms with Gasteiger partial charge in [-0.15, -0.1) is 0 Å². The Bertz CT molecular complexity index is 1950. The molecule has 1 aliphatic rings. The lowest BCUT2D eigenvalue weighted by molar-refractivity contribution is 0.125. The minimum atomic E-state index is 0.0789. The van der Waals surface area contributed by atoms with E-state index in [0.717, 1.165) is 0 Å². The highest BCUT2D eigenvalue weighted by Crippen LogP contribution is 2.62. The molecule has 0 atom stereocenters. The molecular formula is C39H36BrN. The fraction of sp³-hybridized carbons (Fsp3) is 0.231. The van der Waals surface area contributed by atoms with E-state index < -0.39 is 0 Å². The summed E-state index contributed by atoms with van der Waals surface area (Å²) in [6.45, 7) is 14.5. The highest BCUT2D eigenvalue weighted by molar-refractivity contribution is 9.10. The summed E-state index contributed by atoms with van der Waals surface area (Å²) in [7, 11) is 0. The van der Waals surface area contributed by atoms with Crippen LogP contribution >= 0.6 is 15.9 Å². The van der Waals surface area contributed by atoms with Crippen molar-refractivity contribution in [2.45, 2.75) is 52.4 Å². The Kier molecular flexibility index (Phi) is 5.73. The van der Waals surface area contributed by atoms with Gasteiger partial charge in [0, 0.05) is 20.9 Å². The van der Waals surface area contributed by atoms with Crippen LogP contribution in [0.3, 0.4) is 0 Å². The first kappa shape index (κ1) is 26.3. The van der Waals surface area contributed by atoms with Crippen molar-refractivity contribution in [2.75, 3.05) is 0 Å².